The van der Waals surface area contributed by atoms with E-state index in [9.17, 15) is 8.78 Å². The van der Waals surface area contributed by atoms with Crippen LogP contribution in [0.2, 0.25) is 0 Å². The monoisotopic (exact) mass is 432 g/mol. The van der Waals surface area contributed by atoms with Crippen molar-refractivity contribution >= 4 is 0 Å². The van der Waals surface area contributed by atoms with Gasteiger partial charge in [-0.25, -0.2) is 8.78 Å². The standard InChI is InChI=1S/C29H30F2O/c1-3-15-32-29-14-9-22(18-28(29)31)6-5-21-8-13-26(27(30)17-21)25-12-11-23-16-20(4-2)7-10-24(23)19-25/h3-4,8-9,13-14,17-18,20,23-25H,1-2,7,10-12,15-16,19H2. The molecule has 0 amide bonds. The zero-order valence-corrected chi connectivity index (χ0v) is 18.5. The molecular formula is C29H30F2O. The van der Waals surface area contributed by atoms with Gasteiger partial charge >= 0.3 is 0 Å². The topological polar surface area (TPSA) is 9.23 Å². The molecule has 0 aromatic heterocycles. The molecule has 166 valence electrons. The first kappa shape index (κ1) is 22.3. The molecule has 0 aliphatic heterocycles. The summed E-state index contributed by atoms with van der Waals surface area (Å²) >= 11 is 0. The Morgan fingerprint density at radius 2 is 1.56 bits per heavy atom. The van der Waals surface area contributed by atoms with Crippen molar-refractivity contribution in [2.24, 2.45) is 17.8 Å². The molecular weight excluding hydrogens is 402 g/mol. The van der Waals surface area contributed by atoms with E-state index in [0.29, 0.717) is 23.0 Å². The van der Waals surface area contributed by atoms with Crippen LogP contribution in [0, 0.1) is 41.2 Å². The lowest BCUT2D eigenvalue weighted by molar-refractivity contribution is 0.132. The van der Waals surface area contributed by atoms with Gasteiger partial charge in [-0.3, -0.25) is 0 Å². The average molecular weight is 433 g/mol. The Kier molecular flexibility index (Phi) is 7.10. The molecule has 32 heavy (non-hydrogen) atoms. The van der Waals surface area contributed by atoms with Crippen LogP contribution < -0.4 is 4.74 Å². The normalized spacial score (nSPS) is 24.6. The van der Waals surface area contributed by atoms with Crippen LogP contribution in [0.5, 0.6) is 5.75 Å². The van der Waals surface area contributed by atoms with Gasteiger partial charge in [0.15, 0.2) is 11.6 Å². The predicted octanol–water partition coefficient (Wildman–Crippen LogP) is 7.42. The third-order valence-electron chi connectivity index (χ3n) is 7.07. The van der Waals surface area contributed by atoms with Crippen molar-refractivity contribution in [3.05, 3.63) is 90.0 Å². The molecule has 0 heterocycles. The summed E-state index contributed by atoms with van der Waals surface area (Å²) in [6.07, 6.45) is 10.7. The van der Waals surface area contributed by atoms with Gasteiger partial charge in [0.2, 0.25) is 0 Å². The summed E-state index contributed by atoms with van der Waals surface area (Å²) in [6.45, 7) is 7.76. The highest BCUT2D eigenvalue weighted by Gasteiger charge is 2.35. The number of hydrogen-bond acceptors (Lipinski definition) is 1. The summed E-state index contributed by atoms with van der Waals surface area (Å²) in [5, 5.41) is 0. The van der Waals surface area contributed by atoms with Crippen molar-refractivity contribution in [1.82, 2.24) is 0 Å². The van der Waals surface area contributed by atoms with Gasteiger partial charge in [-0.15, -0.1) is 6.58 Å². The highest BCUT2D eigenvalue weighted by molar-refractivity contribution is 5.46. The lowest BCUT2D eigenvalue weighted by Crippen LogP contribution is -2.30. The van der Waals surface area contributed by atoms with E-state index in [0.717, 1.165) is 24.3 Å². The van der Waals surface area contributed by atoms with E-state index >= 15 is 0 Å². The highest BCUT2D eigenvalue weighted by Crippen LogP contribution is 2.48. The zero-order valence-electron chi connectivity index (χ0n) is 18.5. The summed E-state index contributed by atoms with van der Waals surface area (Å²) in [5.41, 5.74) is 1.93. The Bertz CT molecular complexity index is 1040. The number of ether oxygens (including phenoxy) is 1. The minimum Gasteiger partial charge on any atom is -0.486 e. The van der Waals surface area contributed by atoms with Crippen LogP contribution in [-0.4, -0.2) is 6.61 Å². The van der Waals surface area contributed by atoms with Gasteiger partial charge in [0.25, 0.3) is 0 Å². The molecule has 0 saturated heterocycles. The second-order valence-electron chi connectivity index (χ2n) is 9.07. The SMILES string of the molecule is C=CCOc1ccc(C#Cc2ccc(C3CCC4CC(C=C)CCC4C3)c(F)c2)cc1F. The number of hydrogen-bond donors (Lipinski definition) is 0. The Morgan fingerprint density at radius 1 is 0.875 bits per heavy atom. The summed E-state index contributed by atoms with van der Waals surface area (Å²) in [5.74, 6) is 7.80. The number of allylic oxidation sites excluding steroid dienone is 1. The van der Waals surface area contributed by atoms with E-state index in [2.05, 4.69) is 31.1 Å². The molecule has 2 fully saturated rings. The third-order valence-corrected chi connectivity index (χ3v) is 7.07. The molecule has 3 heteroatoms. The van der Waals surface area contributed by atoms with Gasteiger partial charge in [-0.1, -0.05) is 36.6 Å². The predicted molar refractivity (Wildman–Crippen MR) is 126 cm³/mol. The Labute approximate surface area is 190 Å². The third kappa shape index (κ3) is 5.13. The van der Waals surface area contributed by atoms with E-state index in [-0.39, 0.29) is 24.1 Å². The fraction of sp³-hybridized carbons (Fsp3) is 0.379. The van der Waals surface area contributed by atoms with E-state index in [1.165, 1.54) is 37.8 Å². The molecule has 4 rings (SSSR count). The second-order valence-corrected chi connectivity index (χ2v) is 9.07. The second kappa shape index (κ2) is 10.2. The average Bonchev–Trinajstić information content (AvgIpc) is 2.81. The van der Waals surface area contributed by atoms with Crippen molar-refractivity contribution in [3.8, 4) is 17.6 Å². The van der Waals surface area contributed by atoms with Crippen LogP contribution >= 0.6 is 0 Å². The molecule has 0 N–H and O–H groups in total. The fourth-order valence-electron chi connectivity index (χ4n) is 5.35. The van der Waals surface area contributed by atoms with Gasteiger partial charge in [-0.05, 0) is 98.1 Å². The first-order chi connectivity index (χ1) is 15.6. The van der Waals surface area contributed by atoms with E-state index in [1.54, 1.807) is 18.2 Å². The van der Waals surface area contributed by atoms with Crippen molar-refractivity contribution in [2.75, 3.05) is 6.61 Å². The lowest BCUT2D eigenvalue weighted by Gasteiger charge is -2.41. The smallest absolute Gasteiger partial charge is 0.166 e. The van der Waals surface area contributed by atoms with Crippen molar-refractivity contribution < 1.29 is 13.5 Å². The van der Waals surface area contributed by atoms with Crippen LogP contribution in [0.1, 0.15) is 61.1 Å². The molecule has 4 atom stereocenters. The quantitative estimate of drug-likeness (QED) is 0.353. The molecule has 0 spiro atoms. The molecule has 2 aliphatic rings. The van der Waals surface area contributed by atoms with Gasteiger partial charge in [0, 0.05) is 11.1 Å². The van der Waals surface area contributed by atoms with Gasteiger partial charge in [-0.2, -0.15) is 0 Å². The molecule has 0 bridgehead atoms. The molecule has 2 aliphatic carbocycles. The van der Waals surface area contributed by atoms with Gasteiger partial charge in [0.05, 0.1) is 0 Å². The Balaban J connectivity index is 1.43. The lowest BCUT2D eigenvalue weighted by atomic mass is 9.64. The van der Waals surface area contributed by atoms with E-state index < -0.39 is 5.82 Å². The Hall–Kier alpha value is -2.86. The van der Waals surface area contributed by atoms with Crippen LogP contribution in [0.4, 0.5) is 8.78 Å². The van der Waals surface area contributed by atoms with Crippen LogP contribution in [0.15, 0.2) is 61.7 Å². The summed E-state index contributed by atoms with van der Waals surface area (Å²) in [6, 6.07) is 9.86. The van der Waals surface area contributed by atoms with E-state index in [1.807, 2.05) is 12.1 Å². The summed E-state index contributed by atoms with van der Waals surface area (Å²) in [4.78, 5) is 0. The van der Waals surface area contributed by atoms with Crippen molar-refractivity contribution in [3.63, 3.8) is 0 Å². The maximum Gasteiger partial charge on any atom is 0.166 e. The molecule has 4 unspecified atom stereocenters. The van der Waals surface area contributed by atoms with Crippen LogP contribution in [-0.2, 0) is 0 Å². The molecule has 0 radical (unpaired) electrons. The molecule has 2 aromatic carbocycles. The zero-order chi connectivity index (χ0) is 22.5. The molecule has 2 aromatic rings. The minimum atomic E-state index is -0.474. The highest BCUT2D eigenvalue weighted by atomic mass is 19.1. The number of halogens is 2. The van der Waals surface area contributed by atoms with Crippen LogP contribution in [0.3, 0.4) is 0 Å². The van der Waals surface area contributed by atoms with Crippen LogP contribution in [0.25, 0.3) is 0 Å². The van der Waals surface area contributed by atoms with E-state index in [4.69, 9.17) is 4.74 Å². The first-order valence-electron chi connectivity index (χ1n) is 11.5. The van der Waals surface area contributed by atoms with Gasteiger partial charge in [0.1, 0.15) is 12.4 Å². The van der Waals surface area contributed by atoms with Gasteiger partial charge < -0.3 is 4.74 Å². The fourth-order valence-corrected chi connectivity index (χ4v) is 5.35. The summed E-state index contributed by atoms with van der Waals surface area (Å²) < 4.78 is 34.3. The molecule has 1 nitrogen and oxygen atoms in total. The molecule has 2 saturated carbocycles. The largest absolute Gasteiger partial charge is 0.486 e. The Morgan fingerprint density at radius 3 is 2.25 bits per heavy atom. The minimum absolute atomic E-state index is 0.165. The number of rotatable bonds is 5. The maximum atomic E-state index is 15.0. The van der Waals surface area contributed by atoms with Crippen molar-refractivity contribution in [1.29, 1.82) is 0 Å². The summed E-state index contributed by atoms with van der Waals surface area (Å²) in [7, 11) is 0. The number of benzene rings is 2. The number of fused-ring (bicyclic) bond motifs is 1. The van der Waals surface area contributed by atoms with Crippen molar-refractivity contribution in [2.45, 2.75) is 44.4 Å². The maximum absolute atomic E-state index is 15.0. The first-order valence-corrected chi connectivity index (χ1v) is 11.5.